The second-order valence-corrected chi connectivity index (χ2v) is 3.75. The number of nitrogens with one attached hydrogen (secondary N) is 1. The van der Waals surface area contributed by atoms with E-state index in [1.165, 1.54) is 11.3 Å². The molecule has 1 saturated heterocycles. The van der Waals surface area contributed by atoms with Crippen molar-refractivity contribution in [3.05, 3.63) is 29.8 Å². The van der Waals surface area contributed by atoms with Crippen LogP contribution >= 0.6 is 0 Å². The van der Waals surface area contributed by atoms with E-state index in [1.807, 2.05) is 0 Å². The van der Waals surface area contributed by atoms with E-state index < -0.39 is 0 Å². The second-order valence-electron chi connectivity index (χ2n) is 3.75. The van der Waals surface area contributed by atoms with Crippen LogP contribution in [-0.2, 0) is 11.2 Å². The van der Waals surface area contributed by atoms with E-state index in [0.29, 0.717) is 0 Å². The Hall–Kier alpha value is -1.06. The van der Waals surface area contributed by atoms with E-state index in [0.717, 1.165) is 26.1 Å². The monoisotopic (exact) mass is 190 g/mol. The van der Waals surface area contributed by atoms with Gasteiger partial charge in [-0.2, -0.15) is 0 Å². The van der Waals surface area contributed by atoms with Gasteiger partial charge in [0.1, 0.15) is 0 Å². The van der Waals surface area contributed by atoms with Crippen LogP contribution in [0.25, 0.3) is 0 Å². The molecule has 0 amide bonds. The molecular weight excluding hydrogens is 176 g/mol. The van der Waals surface area contributed by atoms with Gasteiger partial charge in [-0.1, -0.05) is 18.2 Å². The summed E-state index contributed by atoms with van der Waals surface area (Å²) >= 11 is 0. The number of hydrogen-bond acceptors (Lipinski definition) is 3. The van der Waals surface area contributed by atoms with Crippen molar-refractivity contribution in [3.63, 3.8) is 0 Å². The molecule has 0 aromatic heterocycles. The summed E-state index contributed by atoms with van der Waals surface area (Å²) in [6.45, 7) is 2.85. The van der Waals surface area contributed by atoms with Crippen molar-refractivity contribution in [2.24, 2.45) is 0 Å². The molecular formula is C11H14N2O. The molecule has 0 bridgehead atoms. The van der Waals surface area contributed by atoms with Crippen molar-refractivity contribution in [1.29, 1.82) is 0 Å². The Labute approximate surface area is 83.7 Å². The summed E-state index contributed by atoms with van der Waals surface area (Å²) in [6, 6.07) is 8.56. The van der Waals surface area contributed by atoms with Crippen LogP contribution in [0.15, 0.2) is 24.3 Å². The summed E-state index contributed by atoms with van der Waals surface area (Å²) in [5.41, 5.74) is 2.76. The van der Waals surface area contributed by atoms with Crippen LogP contribution in [-0.4, -0.2) is 26.0 Å². The summed E-state index contributed by atoms with van der Waals surface area (Å²) in [5, 5.41) is 3.34. The first-order chi connectivity index (χ1) is 6.95. The van der Waals surface area contributed by atoms with Gasteiger partial charge in [0.25, 0.3) is 0 Å². The molecule has 74 valence electrons. The maximum Gasteiger partial charge on any atom is 0.186 e. The van der Waals surface area contributed by atoms with Gasteiger partial charge in [0.05, 0.1) is 6.61 Å². The predicted octanol–water partition coefficient (Wildman–Crippen LogP) is 0.952. The molecule has 3 heteroatoms. The number of ether oxygens (including phenoxy) is 1. The fourth-order valence-electron chi connectivity index (χ4n) is 2.22. The number of anilines is 1. The van der Waals surface area contributed by atoms with Gasteiger partial charge in [-0.05, 0) is 18.1 Å². The van der Waals surface area contributed by atoms with Gasteiger partial charge in [0.2, 0.25) is 0 Å². The van der Waals surface area contributed by atoms with Crippen molar-refractivity contribution >= 4 is 5.69 Å². The molecule has 2 heterocycles. The Morgan fingerprint density at radius 2 is 2.29 bits per heavy atom. The molecule has 3 nitrogen and oxygen atoms in total. The summed E-state index contributed by atoms with van der Waals surface area (Å²) in [6.07, 6.45) is 1.23. The first-order valence-corrected chi connectivity index (χ1v) is 5.15. The van der Waals surface area contributed by atoms with E-state index in [-0.39, 0.29) is 6.35 Å². The van der Waals surface area contributed by atoms with Gasteiger partial charge >= 0.3 is 0 Å². The number of hydrogen-bond donors (Lipinski definition) is 1. The highest BCUT2D eigenvalue weighted by Crippen LogP contribution is 2.29. The van der Waals surface area contributed by atoms with Crippen LogP contribution in [0.4, 0.5) is 5.69 Å². The SMILES string of the molecule is c1ccc2c(c1)CCN2C1NCCO1. The smallest absolute Gasteiger partial charge is 0.186 e. The van der Waals surface area contributed by atoms with E-state index in [9.17, 15) is 0 Å². The van der Waals surface area contributed by atoms with Gasteiger partial charge in [-0.25, -0.2) is 0 Å². The first kappa shape index (κ1) is 8.26. The largest absolute Gasteiger partial charge is 0.344 e. The van der Waals surface area contributed by atoms with Gasteiger partial charge in [0, 0.05) is 18.8 Å². The maximum atomic E-state index is 5.61. The Morgan fingerprint density at radius 3 is 3.14 bits per heavy atom. The zero-order chi connectivity index (χ0) is 9.38. The molecule has 1 fully saturated rings. The Morgan fingerprint density at radius 1 is 1.36 bits per heavy atom. The average Bonchev–Trinajstić information content (AvgIpc) is 2.85. The van der Waals surface area contributed by atoms with Gasteiger partial charge in [-0.15, -0.1) is 0 Å². The fraction of sp³-hybridized carbons (Fsp3) is 0.455. The Bertz CT molecular complexity index is 334. The fourth-order valence-corrected chi connectivity index (χ4v) is 2.22. The summed E-state index contributed by atoms with van der Waals surface area (Å²) < 4.78 is 5.61. The highest BCUT2D eigenvalue weighted by Gasteiger charge is 2.28. The molecule has 0 spiro atoms. The van der Waals surface area contributed by atoms with Crippen LogP contribution in [0.1, 0.15) is 5.56 Å². The maximum absolute atomic E-state index is 5.61. The zero-order valence-corrected chi connectivity index (χ0v) is 8.07. The van der Waals surface area contributed by atoms with E-state index in [2.05, 4.69) is 34.5 Å². The molecule has 1 aromatic carbocycles. The first-order valence-electron chi connectivity index (χ1n) is 5.15. The highest BCUT2D eigenvalue weighted by atomic mass is 16.5. The molecule has 0 radical (unpaired) electrons. The van der Waals surface area contributed by atoms with Crippen LogP contribution in [0.3, 0.4) is 0 Å². The van der Waals surface area contributed by atoms with Crippen molar-refractivity contribution < 1.29 is 4.74 Å². The van der Waals surface area contributed by atoms with E-state index >= 15 is 0 Å². The predicted molar refractivity (Wildman–Crippen MR) is 55.2 cm³/mol. The molecule has 0 saturated carbocycles. The second kappa shape index (κ2) is 3.26. The van der Waals surface area contributed by atoms with Crippen molar-refractivity contribution in [2.75, 3.05) is 24.6 Å². The lowest BCUT2D eigenvalue weighted by Crippen LogP contribution is -2.41. The minimum Gasteiger partial charge on any atom is -0.344 e. The molecule has 0 aliphatic carbocycles. The number of nitrogens with zero attached hydrogens (tertiary/aromatic N) is 1. The molecule has 2 aliphatic rings. The topological polar surface area (TPSA) is 24.5 Å². The van der Waals surface area contributed by atoms with Gasteiger partial charge in [0.15, 0.2) is 6.35 Å². The molecule has 3 rings (SSSR count). The molecule has 1 aromatic rings. The minimum absolute atomic E-state index is 0.0960. The summed E-state index contributed by atoms with van der Waals surface area (Å²) in [5.74, 6) is 0. The lowest BCUT2D eigenvalue weighted by molar-refractivity contribution is 0.0993. The summed E-state index contributed by atoms with van der Waals surface area (Å²) in [7, 11) is 0. The lowest BCUT2D eigenvalue weighted by atomic mass is 10.2. The average molecular weight is 190 g/mol. The molecule has 2 aliphatic heterocycles. The van der Waals surface area contributed by atoms with Crippen LogP contribution in [0.2, 0.25) is 0 Å². The van der Waals surface area contributed by atoms with Crippen LogP contribution in [0, 0.1) is 0 Å². The van der Waals surface area contributed by atoms with Crippen molar-refractivity contribution in [2.45, 2.75) is 12.8 Å². The third kappa shape index (κ3) is 1.21. The van der Waals surface area contributed by atoms with Crippen molar-refractivity contribution in [3.8, 4) is 0 Å². The van der Waals surface area contributed by atoms with Crippen LogP contribution in [0.5, 0.6) is 0 Å². The third-order valence-electron chi connectivity index (χ3n) is 2.90. The molecule has 1 unspecified atom stereocenters. The van der Waals surface area contributed by atoms with E-state index in [4.69, 9.17) is 4.74 Å². The third-order valence-corrected chi connectivity index (χ3v) is 2.90. The number of fused-ring (bicyclic) bond motifs is 1. The Kier molecular flexibility index (Phi) is 1.92. The lowest BCUT2D eigenvalue weighted by Gasteiger charge is -2.25. The summed E-state index contributed by atoms with van der Waals surface area (Å²) in [4.78, 5) is 2.31. The van der Waals surface area contributed by atoms with E-state index in [1.54, 1.807) is 0 Å². The highest BCUT2D eigenvalue weighted by molar-refractivity contribution is 5.58. The van der Waals surface area contributed by atoms with Crippen molar-refractivity contribution in [1.82, 2.24) is 5.32 Å². The number of benzene rings is 1. The number of rotatable bonds is 1. The number of para-hydroxylation sites is 1. The quantitative estimate of drug-likeness (QED) is 0.713. The Balaban J connectivity index is 1.89. The minimum atomic E-state index is 0.0960. The normalized spacial score (nSPS) is 25.4. The molecule has 14 heavy (non-hydrogen) atoms. The molecule has 1 atom stereocenters. The zero-order valence-electron chi connectivity index (χ0n) is 8.07. The molecule has 1 N–H and O–H groups in total. The van der Waals surface area contributed by atoms with Gasteiger partial charge < -0.3 is 9.64 Å². The standard InChI is InChI=1S/C11H14N2O/c1-2-4-10-9(3-1)5-7-13(10)11-12-6-8-14-11/h1-4,11-12H,5-8H2. The van der Waals surface area contributed by atoms with Crippen LogP contribution < -0.4 is 10.2 Å². The van der Waals surface area contributed by atoms with Gasteiger partial charge in [-0.3, -0.25) is 5.32 Å².